The molecule has 0 bridgehead atoms. The van der Waals surface area contributed by atoms with E-state index >= 15 is 0 Å². The van der Waals surface area contributed by atoms with Crippen LogP contribution in [0.5, 0.6) is 0 Å². The Labute approximate surface area is 245 Å². The number of hydrogen-bond donors (Lipinski definition) is 0. The summed E-state index contributed by atoms with van der Waals surface area (Å²) in [5.74, 6) is -1.81. The summed E-state index contributed by atoms with van der Waals surface area (Å²) in [6.45, 7) is 4.51. The minimum absolute atomic E-state index is 0. The molecule has 0 spiro atoms. The molecule has 0 saturated heterocycles. The molecule has 0 rings (SSSR count). The Kier molecular flexibility index (Phi) is 42.0. The third-order valence-electron chi connectivity index (χ3n) is 6.97. The molecule has 0 aromatic rings. The first-order valence-corrected chi connectivity index (χ1v) is 15.9. The molecule has 37 heavy (non-hydrogen) atoms. The van der Waals surface area contributed by atoms with Gasteiger partial charge in [-0.2, -0.15) is 0 Å². The van der Waals surface area contributed by atoms with E-state index in [1.807, 2.05) is 0 Å². The number of hydrogen-bond acceptors (Lipinski definition) is 4. The van der Waals surface area contributed by atoms with Gasteiger partial charge in [0.25, 0.3) is 0 Å². The van der Waals surface area contributed by atoms with Gasteiger partial charge < -0.3 is 19.8 Å². The fourth-order valence-electron chi connectivity index (χ4n) is 4.57. The molecule has 0 amide bonds. The minimum atomic E-state index is -0.905. The molecule has 0 heterocycles. The van der Waals surface area contributed by atoms with Gasteiger partial charge in [0.1, 0.15) is 0 Å². The molecule has 0 fully saturated rings. The van der Waals surface area contributed by atoms with Crippen molar-refractivity contribution in [3.63, 3.8) is 0 Å². The molecule has 0 aliphatic rings. The normalized spacial score (nSPS) is 10.4. The second-order valence-corrected chi connectivity index (χ2v) is 10.7. The van der Waals surface area contributed by atoms with Crippen LogP contribution in [0, 0.1) is 0 Å². The first-order valence-electron chi connectivity index (χ1n) is 15.9. The maximum Gasteiger partial charge on any atom is 2.00 e. The van der Waals surface area contributed by atoms with E-state index in [9.17, 15) is 19.8 Å². The summed E-state index contributed by atoms with van der Waals surface area (Å²) >= 11 is 0. The van der Waals surface area contributed by atoms with Crippen LogP contribution in [-0.2, 0) is 30.7 Å². The predicted molar refractivity (Wildman–Crippen MR) is 151 cm³/mol. The molecular weight excluding hydrogens is 643 g/mol. The molecule has 0 atom stereocenters. The van der Waals surface area contributed by atoms with E-state index in [4.69, 9.17) is 0 Å². The summed E-state index contributed by atoms with van der Waals surface area (Å²) in [4.78, 5) is 20.4. The fourth-order valence-corrected chi connectivity index (χ4v) is 4.57. The standard InChI is InChI=1S/2C16H32O2.Pt/c2*1-2-3-4-5-6-7-8-9-10-11-12-13-14-15-16(17)18;/h2*2-15H2,1H3,(H,17,18);/q;;+2/p-2. The Bertz CT molecular complexity index is 403. The molecule has 0 radical (unpaired) electrons. The summed E-state index contributed by atoms with van der Waals surface area (Å²) < 4.78 is 0. The van der Waals surface area contributed by atoms with Gasteiger partial charge in [-0.15, -0.1) is 0 Å². The Hall–Kier alpha value is -0.372. The van der Waals surface area contributed by atoms with Gasteiger partial charge in [0.2, 0.25) is 0 Å². The van der Waals surface area contributed by atoms with E-state index in [-0.39, 0.29) is 33.9 Å². The third-order valence-corrected chi connectivity index (χ3v) is 6.97. The van der Waals surface area contributed by atoms with E-state index < -0.39 is 11.9 Å². The van der Waals surface area contributed by atoms with E-state index in [2.05, 4.69) is 13.8 Å². The molecule has 0 aliphatic carbocycles. The Morgan fingerprint density at radius 1 is 0.351 bits per heavy atom. The molecule has 0 aromatic heterocycles. The van der Waals surface area contributed by atoms with Crippen molar-refractivity contribution in [3.05, 3.63) is 0 Å². The number of carboxylic acid groups (broad SMARTS) is 2. The van der Waals surface area contributed by atoms with Crippen LogP contribution in [-0.4, -0.2) is 11.9 Å². The maximum atomic E-state index is 10.2. The summed E-state index contributed by atoms with van der Waals surface area (Å²) in [6.07, 6.45) is 33.9. The van der Waals surface area contributed by atoms with Crippen molar-refractivity contribution < 1.29 is 40.9 Å². The molecule has 0 aliphatic heterocycles. The third kappa shape index (κ3) is 45.9. The number of rotatable bonds is 28. The molecule has 4 nitrogen and oxygen atoms in total. The summed E-state index contributed by atoms with van der Waals surface area (Å²) in [5, 5.41) is 20.4. The van der Waals surface area contributed by atoms with Crippen molar-refractivity contribution in [2.75, 3.05) is 0 Å². The molecule has 224 valence electrons. The Balaban J connectivity index is -0.000000608. The maximum absolute atomic E-state index is 10.2. The topological polar surface area (TPSA) is 80.3 Å². The van der Waals surface area contributed by atoms with Crippen molar-refractivity contribution in [1.29, 1.82) is 0 Å². The Morgan fingerprint density at radius 3 is 0.676 bits per heavy atom. The van der Waals surface area contributed by atoms with Crippen molar-refractivity contribution in [1.82, 2.24) is 0 Å². The van der Waals surface area contributed by atoms with Crippen molar-refractivity contribution in [3.8, 4) is 0 Å². The molecule has 0 aromatic carbocycles. The number of carbonyl (C=O) groups is 2. The molecule has 0 N–H and O–H groups in total. The van der Waals surface area contributed by atoms with Gasteiger partial charge in [-0.25, -0.2) is 0 Å². The van der Waals surface area contributed by atoms with Crippen LogP contribution < -0.4 is 10.2 Å². The van der Waals surface area contributed by atoms with Crippen LogP contribution in [0.1, 0.15) is 194 Å². The van der Waals surface area contributed by atoms with Crippen LogP contribution in [0.15, 0.2) is 0 Å². The molecule has 0 saturated carbocycles. The zero-order valence-corrected chi connectivity index (χ0v) is 27.0. The van der Waals surface area contributed by atoms with Crippen molar-refractivity contribution >= 4 is 11.9 Å². The average Bonchev–Trinajstić information content (AvgIpc) is 2.85. The van der Waals surface area contributed by atoms with Gasteiger partial charge in [-0.3, -0.25) is 0 Å². The van der Waals surface area contributed by atoms with E-state index in [1.165, 1.54) is 141 Å². The largest absolute Gasteiger partial charge is 2.00 e. The quantitative estimate of drug-likeness (QED) is 0.0766. The van der Waals surface area contributed by atoms with E-state index in [0.29, 0.717) is 0 Å². The SMILES string of the molecule is CCCCCCCCCCCCCCCC(=O)[O-].CCCCCCCCCCCCCCCC(=O)[O-].[Pt+2]. The first-order chi connectivity index (χ1) is 17.5. The van der Waals surface area contributed by atoms with Gasteiger partial charge in [0, 0.05) is 11.9 Å². The van der Waals surface area contributed by atoms with E-state index in [0.717, 1.165) is 25.7 Å². The van der Waals surface area contributed by atoms with Gasteiger partial charge in [-0.1, -0.05) is 168 Å². The van der Waals surface area contributed by atoms with Crippen LogP contribution >= 0.6 is 0 Å². The second kappa shape index (κ2) is 37.8. The second-order valence-electron chi connectivity index (χ2n) is 10.7. The van der Waals surface area contributed by atoms with Crippen LogP contribution in [0.3, 0.4) is 0 Å². The van der Waals surface area contributed by atoms with E-state index in [1.54, 1.807) is 0 Å². The van der Waals surface area contributed by atoms with Crippen LogP contribution in [0.4, 0.5) is 0 Å². The van der Waals surface area contributed by atoms with Crippen LogP contribution in [0.2, 0.25) is 0 Å². The van der Waals surface area contributed by atoms with Gasteiger partial charge >= 0.3 is 21.1 Å². The van der Waals surface area contributed by atoms with Gasteiger partial charge in [0.15, 0.2) is 0 Å². The number of aliphatic carboxylic acids is 2. The van der Waals surface area contributed by atoms with Gasteiger partial charge in [-0.05, 0) is 25.7 Å². The first kappa shape index (κ1) is 41.1. The number of unbranched alkanes of at least 4 members (excludes halogenated alkanes) is 24. The van der Waals surface area contributed by atoms with Crippen LogP contribution in [0.25, 0.3) is 0 Å². The summed E-state index contributed by atoms with van der Waals surface area (Å²) in [7, 11) is 0. The predicted octanol–water partition coefficient (Wildman–Crippen LogP) is 8.43. The molecular formula is C32H62O4Pt. The summed E-state index contributed by atoms with van der Waals surface area (Å²) in [5.41, 5.74) is 0. The van der Waals surface area contributed by atoms with Crippen molar-refractivity contribution in [2.45, 2.75) is 194 Å². The fraction of sp³-hybridized carbons (Fsp3) is 0.938. The minimum Gasteiger partial charge on any atom is -0.550 e. The van der Waals surface area contributed by atoms with Gasteiger partial charge in [0.05, 0.1) is 0 Å². The zero-order valence-electron chi connectivity index (χ0n) is 24.7. The summed E-state index contributed by atoms with van der Waals surface area (Å²) in [6, 6.07) is 0. The smallest absolute Gasteiger partial charge is 0.550 e. The number of carbonyl (C=O) groups excluding carboxylic acids is 2. The van der Waals surface area contributed by atoms with Crippen molar-refractivity contribution in [2.24, 2.45) is 0 Å². The molecule has 0 unspecified atom stereocenters. The zero-order chi connectivity index (χ0) is 27.0. The Morgan fingerprint density at radius 2 is 0.514 bits per heavy atom. The molecule has 5 heteroatoms. The average molecular weight is 706 g/mol. The monoisotopic (exact) mass is 705 g/mol. The number of carboxylic acids is 2.